The molecule has 0 unspecified atom stereocenters. The normalized spacial score (nSPS) is 13.5. The SMILES string of the molecule is COc1ccc(C(=O)CCC(=O)c2ccc(OC)c(-c3cc(C(=O)CC4CCCCC4)ccc3F)n2)cc1OC. The van der Waals surface area contributed by atoms with E-state index in [9.17, 15) is 14.4 Å². The minimum absolute atomic E-state index is 0.0342. The molecule has 0 atom stereocenters. The molecule has 7 nitrogen and oxygen atoms in total. The second-order valence-corrected chi connectivity index (χ2v) is 9.99. The Kier molecular flexibility index (Phi) is 9.64. The summed E-state index contributed by atoms with van der Waals surface area (Å²) >= 11 is 0. The lowest BCUT2D eigenvalue weighted by molar-refractivity contribution is 0.0915. The van der Waals surface area contributed by atoms with Gasteiger partial charge in [-0.25, -0.2) is 9.37 Å². The Morgan fingerprint density at radius 2 is 1.38 bits per heavy atom. The van der Waals surface area contributed by atoms with Crippen LogP contribution in [0.4, 0.5) is 4.39 Å². The van der Waals surface area contributed by atoms with Crippen molar-refractivity contribution in [3.05, 3.63) is 71.2 Å². The zero-order chi connectivity index (χ0) is 28.6. The first kappa shape index (κ1) is 28.9. The molecule has 1 saturated carbocycles. The summed E-state index contributed by atoms with van der Waals surface area (Å²) in [6, 6.07) is 12.1. The van der Waals surface area contributed by atoms with E-state index in [2.05, 4.69) is 4.98 Å². The summed E-state index contributed by atoms with van der Waals surface area (Å²) in [7, 11) is 4.42. The molecule has 0 bridgehead atoms. The summed E-state index contributed by atoms with van der Waals surface area (Å²) in [5, 5.41) is 0. The molecule has 1 aliphatic carbocycles. The maximum Gasteiger partial charge on any atom is 0.181 e. The van der Waals surface area contributed by atoms with Gasteiger partial charge in [-0.05, 0) is 54.4 Å². The van der Waals surface area contributed by atoms with E-state index in [1.54, 1.807) is 24.3 Å². The van der Waals surface area contributed by atoms with Crippen LogP contribution in [0.2, 0.25) is 0 Å². The summed E-state index contributed by atoms with van der Waals surface area (Å²) in [6.45, 7) is 0. The molecule has 3 aromatic rings. The van der Waals surface area contributed by atoms with Gasteiger partial charge in [-0.15, -0.1) is 0 Å². The molecule has 0 saturated heterocycles. The fourth-order valence-electron chi connectivity index (χ4n) is 5.12. The highest BCUT2D eigenvalue weighted by molar-refractivity contribution is 6.02. The van der Waals surface area contributed by atoms with E-state index >= 15 is 4.39 Å². The Balaban J connectivity index is 1.52. The number of hydrogen-bond acceptors (Lipinski definition) is 7. The third-order valence-corrected chi connectivity index (χ3v) is 7.39. The lowest BCUT2D eigenvalue weighted by atomic mass is 9.84. The fourth-order valence-corrected chi connectivity index (χ4v) is 5.12. The van der Waals surface area contributed by atoms with E-state index in [1.807, 2.05) is 0 Å². The lowest BCUT2D eigenvalue weighted by Gasteiger charge is -2.20. The molecule has 1 aliphatic rings. The van der Waals surface area contributed by atoms with Gasteiger partial charge in [0.1, 0.15) is 23.0 Å². The number of pyridine rings is 1. The topological polar surface area (TPSA) is 91.8 Å². The Labute approximate surface area is 233 Å². The van der Waals surface area contributed by atoms with Gasteiger partial charge in [0.2, 0.25) is 0 Å². The van der Waals surface area contributed by atoms with Gasteiger partial charge in [-0.1, -0.05) is 32.1 Å². The second kappa shape index (κ2) is 13.3. The maximum atomic E-state index is 15.0. The van der Waals surface area contributed by atoms with Crippen LogP contribution in [0.3, 0.4) is 0 Å². The number of benzene rings is 2. The minimum Gasteiger partial charge on any atom is -0.494 e. The first-order chi connectivity index (χ1) is 19.3. The third-order valence-electron chi connectivity index (χ3n) is 7.39. The largest absolute Gasteiger partial charge is 0.494 e. The van der Waals surface area contributed by atoms with Crippen LogP contribution in [0, 0.1) is 11.7 Å². The van der Waals surface area contributed by atoms with Crippen molar-refractivity contribution in [3.63, 3.8) is 0 Å². The molecule has 1 aromatic heterocycles. The molecule has 1 fully saturated rings. The standard InChI is InChI=1S/C32H34FNO6/c1-38-29-15-10-22(19-31(29)40-3)26(35)13-14-27(36)25-12-16-30(39-2)32(34-25)23-18-21(9-11-24(23)33)28(37)17-20-7-5-4-6-8-20/h9-12,15-16,18-20H,4-8,13-14,17H2,1-3H3. The fraction of sp³-hybridized carbons (Fsp3) is 0.375. The van der Waals surface area contributed by atoms with Crippen molar-refractivity contribution in [2.24, 2.45) is 5.92 Å². The molecular weight excluding hydrogens is 513 g/mol. The van der Waals surface area contributed by atoms with Crippen molar-refractivity contribution < 1.29 is 33.0 Å². The lowest BCUT2D eigenvalue weighted by Crippen LogP contribution is -2.12. The third kappa shape index (κ3) is 6.73. The molecule has 0 N–H and O–H groups in total. The van der Waals surface area contributed by atoms with Crippen LogP contribution < -0.4 is 14.2 Å². The van der Waals surface area contributed by atoms with Crippen molar-refractivity contribution >= 4 is 17.3 Å². The minimum atomic E-state index is -0.576. The van der Waals surface area contributed by atoms with Crippen LogP contribution >= 0.6 is 0 Å². The molecule has 1 heterocycles. The number of halogens is 1. The Hall–Kier alpha value is -4.07. The summed E-state index contributed by atoms with van der Waals surface area (Å²) in [5.74, 6) is 0.320. The van der Waals surface area contributed by atoms with Crippen LogP contribution in [-0.4, -0.2) is 43.7 Å². The zero-order valence-corrected chi connectivity index (χ0v) is 23.1. The summed E-state index contributed by atoms with van der Waals surface area (Å²) in [6.07, 6.45) is 5.84. The van der Waals surface area contributed by atoms with Crippen LogP contribution in [-0.2, 0) is 0 Å². The van der Waals surface area contributed by atoms with E-state index in [-0.39, 0.29) is 52.9 Å². The van der Waals surface area contributed by atoms with Crippen molar-refractivity contribution in [3.8, 4) is 28.5 Å². The number of nitrogens with zero attached hydrogens (tertiary/aromatic N) is 1. The number of hydrogen-bond donors (Lipinski definition) is 0. The van der Waals surface area contributed by atoms with E-state index in [0.29, 0.717) is 35.0 Å². The van der Waals surface area contributed by atoms with Crippen molar-refractivity contribution in [2.45, 2.75) is 51.4 Å². The van der Waals surface area contributed by atoms with E-state index in [1.165, 1.54) is 52.0 Å². The molecule has 2 aromatic carbocycles. The van der Waals surface area contributed by atoms with Gasteiger partial charge in [-0.2, -0.15) is 0 Å². The van der Waals surface area contributed by atoms with Crippen LogP contribution in [0.15, 0.2) is 48.5 Å². The van der Waals surface area contributed by atoms with Crippen LogP contribution in [0.1, 0.15) is 82.6 Å². The van der Waals surface area contributed by atoms with Crippen molar-refractivity contribution in [1.82, 2.24) is 4.98 Å². The molecule has 8 heteroatoms. The predicted molar refractivity (Wildman–Crippen MR) is 149 cm³/mol. The van der Waals surface area contributed by atoms with Crippen molar-refractivity contribution in [1.29, 1.82) is 0 Å². The number of aromatic nitrogens is 1. The number of methoxy groups -OCH3 is 3. The van der Waals surface area contributed by atoms with Gasteiger partial charge < -0.3 is 14.2 Å². The van der Waals surface area contributed by atoms with Gasteiger partial charge >= 0.3 is 0 Å². The first-order valence-electron chi connectivity index (χ1n) is 13.5. The van der Waals surface area contributed by atoms with Gasteiger partial charge in [0, 0.05) is 36.0 Å². The molecule has 210 valence electrons. The number of rotatable bonds is 12. The quantitative estimate of drug-likeness (QED) is 0.228. The van der Waals surface area contributed by atoms with Gasteiger partial charge in [0.25, 0.3) is 0 Å². The average molecular weight is 548 g/mol. The maximum absolute atomic E-state index is 15.0. The molecule has 0 spiro atoms. The molecule has 0 aliphatic heterocycles. The van der Waals surface area contributed by atoms with Crippen LogP contribution in [0.5, 0.6) is 17.2 Å². The van der Waals surface area contributed by atoms with Gasteiger partial charge in [0.15, 0.2) is 28.8 Å². The highest BCUT2D eigenvalue weighted by Gasteiger charge is 2.22. The number of ketones is 3. The first-order valence-corrected chi connectivity index (χ1v) is 13.5. The molecule has 0 amide bonds. The summed E-state index contributed by atoms with van der Waals surface area (Å²) < 4.78 is 30.9. The van der Waals surface area contributed by atoms with Crippen molar-refractivity contribution in [2.75, 3.05) is 21.3 Å². The van der Waals surface area contributed by atoms with Crippen LogP contribution in [0.25, 0.3) is 11.3 Å². The number of carbonyl (C=O) groups is 3. The van der Waals surface area contributed by atoms with E-state index in [4.69, 9.17) is 14.2 Å². The highest BCUT2D eigenvalue weighted by atomic mass is 19.1. The molecular formula is C32H34FNO6. The smallest absolute Gasteiger partial charge is 0.181 e. The highest BCUT2D eigenvalue weighted by Crippen LogP contribution is 2.33. The second-order valence-electron chi connectivity index (χ2n) is 9.99. The van der Waals surface area contributed by atoms with Gasteiger partial charge in [0.05, 0.1) is 21.3 Å². The molecule has 0 radical (unpaired) electrons. The number of ether oxygens (including phenoxy) is 3. The zero-order valence-electron chi connectivity index (χ0n) is 23.1. The Bertz CT molecular complexity index is 1400. The summed E-state index contributed by atoms with van der Waals surface area (Å²) in [4.78, 5) is 43.2. The Morgan fingerprint density at radius 3 is 2.08 bits per heavy atom. The number of carbonyl (C=O) groups excluding carboxylic acids is 3. The molecule has 4 rings (SSSR count). The van der Waals surface area contributed by atoms with E-state index in [0.717, 1.165) is 25.7 Å². The summed E-state index contributed by atoms with van der Waals surface area (Å²) in [5.41, 5.74) is 1.09. The van der Waals surface area contributed by atoms with Gasteiger partial charge in [-0.3, -0.25) is 14.4 Å². The molecule has 40 heavy (non-hydrogen) atoms. The van der Waals surface area contributed by atoms with E-state index < -0.39 is 5.82 Å². The predicted octanol–water partition coefficient (Wildman–Crippen LogP) is 6.91. The average Bonchev–Trinajstić information content (AvgIpc) is 2.99. The number of Topliss-reactive ketones (excluding diaryl/α,β-unsaturated/α-hetero) is 3. The Morgan fingerprint density at radius 1 is 0.750 bits per heavy atom. The monoisotopic (exact) mass is 547 g/mol.